The number of carbonyl (C=O) groups is 1. The van der Waals surface area contributed by atoms with Crippen LogP contribution in [0.4, 0.5) is 11.4 Å². The van der Waals surface area contributed by atoms with Crippen LogP contribution in [0.3, 0.4) is 0 Å². The van der Waals surface area contributed by atoms with E-state index in [1.54, 1.807) is 36.4 Å². The topological polar surface area (TPSA) is 63.4 Å². The summed E-state index contributed by atoms with van der Waals surface area (Å²) < 4.78 is 0. The smallest absolute Gasteiger partial charge is 0.293 e. The van der Waals surface area contributed by atoms with Crippen molar-refractivity contribution in [3.63, 3.8) is 0 Å². The molecule has 3 rings (SSSR count). The predicted molar refractivity (Wildman–Crippen MR) is 94.0 cm³/mol. The van der Waals surface area contributed by atoms with Crippen molar-refractivity contribution >= 4 is 28.8 Å². The maximum absolute atomic E-state index is 12.9. The molecular weight excluding hydrogens is 328 g/mol. The molecule has 1 aliphatic rings. The van der Waals surface area contributed by atoms with Gasteiger partial charge in [-0.15, -0.1) is 0 Å². The summed E-state index contributed by atoms with van der Waals surface area (Å²) in [5.74, 6) is -0.226. The van der Waals surface area contributed by atoms with Crippen molar-refractivity contribution in [2.75, 3.05) is 18.0 Å². The number of anilines is 1. The van der Waals surface area contributed by atoms with Gasteiger partial charge in [0, 0.05) is 29.7 Å². The van der Waals surface area contributed by atoms with Crippen LogP contribution in [-0.2, 0) is 0 Å². The van der Waals surface area contributed by atoms with Crippen molar-refractivity contribution in [2.45, 2.75) is 19.3 Å². The molecule has 0 radical (unpaired) electrons. The van der Waals surface area contributed by atoms with Gasteiger partial charge in [0.15, 0.2) is 5.78 Å². The van der Waals surface area contributed by atoms with E-state index in [4.69, 9.17) is 11.6 Å². The SMILES string of the molecule is O=C(c1ccc(Cl)cc1)c1cccc([N+](=O)[O-])c1N1CCCCC1. The number of benzene rings is 2. The first-order valence-corrected chi connectivity index (χ1v) is 8.28. The largest absolute Gasteiger partial charge is 0.365 e. The van der Waals surface area contributed by atoms with Gasteiger partial charge in [0.05, 0.1) is 10.5 Å². The number of rotatable bonds is 4. The normalized spacial score (nSPS) is 14.5. The Hall–Kier alpha value is -2.40. The maximum atomic E-state index is 12.9. The fourth-order valence-corrected chi connectivity index (χ4v) is 3.19. The molecule has 1 aliphatic heterocycles. The maximum Gasteiger partial charge on any atom is 0.293 e. The number of nitro benzene ring substituents is 1. The molecule has 2 aromatic carbocycles. The van der Waals surface area contributed by atoms with Gasteiger partial charge in [-0.2, -0.15) is 0 Å². The highest BCUT2D eigenvalue weighted by Crippen LogP contribution is 2.35. The summed E-state index contributed by atoms with van der Waals surface area (Å²) in [7, 11) is 0. The van der Waals surface area contributed by atoms with E-state index in [1.165, 1.54) is 6.07 Å². The molecule has 2 aromatic rings. The summed E-state index contributed by atoms with van der Waals surface area (Å²) in [5.41, 5.74) is 1.26. The zero-order valence-corrected chi connectivity index (χ0v) is 13.8. The molecule has 0 saturated carbocycles. The van der Waals surface area contributed by atoms with E-state index >= 15 is 0 Å². The van der Waals surface area contributed by atoms with Crippen molar-refractivity contribution in [1.29, 1.82) is 0 Å². The zero-order chi connectivity index (χ0) is 17.1. The van der Waals surface area contributed by atoms with Crippen molar-refractivity contribution in [1.82, 2.24) is 0 Å². The lowest BCUT2D eigenvalue weighted by Crippen LogP contribution is -2.31. The molecule has 1 fully saturated rings. The van der Waals surface area contributed by atoms with Crippen LogP contribution in [0.5, 0.6) is 0 Å². The number of nitro groups is 1. The summed E-state index contributed by atoms with van der Waals surface area (Å²) >= 11 is 5.87. The third-order valence-electron chi connectivity index (χ3n) is 4.23. The molecule has 0 amide bonds. The molecule has 0 N–H and O–H groups in total. The van der Waals surface area contributed by atoms with Gasteiger partial charge in [-0.3, -0.25) is 14.9 Å². The summed E-state index contributed by atoms with van der Waals surface area (Å²) in [5, 5.41) is 12.0. The molecule has 0 bridgehead atoms. The van der Waals surface area contributed by atoms with Gasteiger partial charge in [0.2, 0.25) is 0 Å². The van der Waals surface area contributed by atoms with Gasteiger partial charge >= 0.3 is 0 Å². The van der Waals surface area contributed by atoms with Crippen molar-refractivity contribution < 1.29 is 9.72 Å². The third-order valence-corrected chi connectivity index (χ3v) is 4.49. The van der Waals surface area contributed by atoms with Crippen LogP contribution in [-0.4, -0.2) is 23.8 Å². The van der Waals surface area contributed by atoms with E-state index < -0.39 is 4.92 Å². The molecule has 6 heteroatoms. The fraction of sp³-hybridized carbons (Fsp3) is 0.278. The molecule has 1 heterocycles. The van der Waals surface area contributed by atoms with Gasteiger partial charge < -0.3 is 4.90 Å². The first-order chi connectivity index (χ1) is 11.6. The lowest BCUT2D eigenvalue weighted by atomic mass is 9.98. The molecule has 24 heavy (non-hydrogen) atoms. The fourth-order valence-electron chi connectivity index (χ4n) is 3.07. The minimum Gasteiger partial charge on any atom is -0.365 e. The van der Waals surface area contributed by atoms with Crippen LogP contribution < -0.4 is 4.90 Å². The number of piperidine rings is 1. The number of ketones is 1. The average Bonchev–Trinajstić information content (AvgIpc) is 2.62. The zero-order valence-electron chi connectivity index (χ0n) is 13.1. The Balaban J connectivity index is 2.09. The summed E-state index contributed by atoms with van der Waals surface area (Å²) in [6.45, 7) is 1.46. The Bertz CT molecular complexity index is 768. The Morgan fingerprint density at radius 3 is 2.33 bits per heavy atom. The Labute approximate surface area is 145 Å². The second-order valence-corrected chi connectivity index (χ2v) is 6.25. The van der Waals surface area contributed by atoms with Crippen LogP contribution in [0.1, 0.15) is 35.2 Å². The van der Waals surface area contributed by atoms with Crippen LogP contribution in [0.25, 0.3) is 0 Å². The van der Waals surface area contributed by atoms with Gasteiger partial charge in [-0.1, -0.05) is 17.7 Å². The van der Waals surface area contributed by atoms with E-state index in [1.807, 2.05) is 4.90 Å². The highest BCUT2D eigenvalue weighted by molar-refractivity contribution is 6.30. The second kappa shape index (κ2) is 7.01. The third kappa shape index (κ3) is 3.26. The number of hydrogen-bond donors (Lipinski definition) is 0. The summed E-state index contributed by atoms with van der Waals surface area (Å²) in [6.07, 6.45) is 3.05. The van der Waals surface area contributed by atoms with Crippen molar-refractivity contribution in [3.8, 4) is 0 Å². The molecule has 1 saturated heterocycles. The molecule has 0 aromatic heterocycles. The lowest BCUT2D eigenvalue weighted by molar-refractivity contribution is -0.384. The highest BCUT2D eigenvalue weighted by atomic mass is 35.5. The minimum atomic E-state index is -0.414. The first-order valence-electron chi connectivity index (χ1n) is 7.90. The summed E-state index contributed by atoms with van der Waals surface area (Å²) in [6, 6.07) is 11.3. The number of hydrogen-bond acceptors (Lipinski definition) is 4. The molecule has 0 aliphatic carbocycles. The van der Waals surface area contributed by atoms with E-state index in [0.29, 0.717) is 21.8 Å². The minimum absolute atomic E-state index is 0.0169. The number of carbonyl (C=O) groups excluding carboxylic acids is 1. The van der Waals surface area contributed by atoms with Gasteiger partial charge in [0.1, 0.15) is 5.69 Å². The van der Waals surface area contributed by atoms with Crippen LogP contribution in [0, 0.1) is 10.1 Å². The van der Waals surface area contributed by atoms with E-state index in [2.05, 4.69) is 0 Å². The van der Waals surface area contributed by atoms with Crippen LogP contribution in [0.15, 0.2) is 42.5 Å². The molecule has 124 valence electrons. The van der Waals surface area contributed by atoms with Crippen molar-refractivity contribution in [2.24, 2.45) is 0 Å². The van der Waals surface area contributed by atoms with Crippen molar-refractivity contribution in [3.05, 3.63) is 68.7 Å². The Morgan fingerprint density at radius 1 is 1.04 bits per heavy atom. The van der Waals surface area contributed by atoms with E-state index in [0.717, 1.165) is 32.4 Å². The Kier molecular flexibility index (Phi) is 4.81. The molecule has 0 spiro atoms. The van der Waals surface area contributed by atoms with E-state index in [9.17, 15) is 14.9 Å². The standard InChI is InChI=1S/C18H17ClN2O3/c19-14-9-7-13(8-10-14)18(22)15-5-4-6-16(21(23)24)17(15)20-11-2-1-3-12-20/h4-10H,1-3,11-12H2. The second-order valence-electron chi connectivity index (χ2n) is 5.81. The molecule has 0 unspecified atom stereocenters. The van der Waals surface area contributed by atoms with Gasteiger partial charge in [-0.05, 0) is 49.6 Å². The monoisotopic (exact) mass is 344 g/mol. The molecule has 0 atom stereocenters. The van der Waals surface area contributed by atoms with E-state index in [-0.39, 0.29) is 11.5 Å². The van der Waals surface area contributed by atoms with Crippen LogP contribution in [0.2, 0.25) is 5.02 Å². The van der Waals surface area contributed by atoms with Gasteiger partial charge in [-0.25, -0.2) is 0 Å². The predicted octanol–water partition coefficient (Wildman–Crippen LogP) is 4.47. The number of para-hydroxylation sites is 1. The average molecular weight is 345 g/mol. The summed E-state index contributed by atoms with van der Waals surface area (Å²) in [4.78, 5) is 25.9. The lowest BCUT2D eigenvalue weighted by Gasteiger charge is -2.29. The van der Waals surface area contributed by atoms with Gasteiger partial charge in [0.25, 0.3) is 5.69 Å². The number of halogens is 1. The molecule has 5 nitrogen and oxygen atoms in total. The van der Waals surface area contributed by atoms with Crippen LogP contribution >= 0.6 is 11.6 Å². The molecular formula is C18H17ClN2O3. The quantitative estimate of drug-likeness (QED) is 0.466. The number of nitrogens with zero attached hydrogens (tertiary/aromatic N) is 2. The highest BCUT2D eigenvalue weighted by Gasteiger charge is 2.27. The first kappa shape index (κ1) is 16.5. The Morgan fingerprint density at radius 2 is 1.71 bits per heavy atom.